The highest BCUT2D eigenvalue weighted by atomic mass is 32.2. The summed E-state index contributed by atoms with van der Waals surface area (Å²) in [5, 5.41) is 5.02. The van der Waals surface area contributed by atoms with E-state index in [-0.39, 0.29) is 5.92 Å². The topological polar surface area (TPSA) is 86.1 Å². The van der Waals surface area contributed by atoms with E-state index in [0.29, 0.717) is 6.54 Å². The van der Waals surface area contributed by atoms with Gasteiger partial charge in [0.05, 0.1) is 11.9 Å². The van der Waals surface area contributed by atoms with Gasteiger partial charge in [-0.2, -0.15) is 0 Å². The predicted molar refractivity (Wildman–Crippen MR) is 82.1 cm³/mol. The number of sulfonamides is 1. The minimum atomic E-state index is -3.25. The number of nitrogens with zero attached hydrogens (tertiary/aromatic N) is 4. The number of fused-ring (bicyclic) bond motifs is 1. The van der Waals surface area contributed by atoms with Gasteiger partial charge in [-0.25, -0.2) is 8.42 Å². The van der Waals surface area contributed by atoms with Crippen LogP contribution in [0.1, 0.15) is 11.5 Å². The van der Waals surface area contributed by atoms with Crippen molar-refractivity contribution in [1.82, 2.24) is 0 Å². The minimum absolute atomic E-state index is 0.140. The zero-order chi connectivity index (χ0) is 14.6. The molecule has 1 unspecified atom stereocenters. The van der Waals surface area contributed by atoms with Gasteiger partial charge >= 0.3 is 0 Å². The number of benzene rings is 1. The number of rotatable bonds is 5. The monoisotopic (exact) mass is 310 g/mol. The van der Waals surface area contributed by atoms with Crippen LogP contribution in [0.15, 0.2) is 41.0 Å². The molecule has 0 N–H and O–H groups in total. The van der Waals surface area contributed by atoms with Crippen molar-refractivity contribution in [3.63, 3.8) is 0 Å². The second-order valence-corrected chi connectivity index (χ2v) is 7.22. The Hall–Kier alpha value is -1.63. The summed E-state index contributed by atoms with van der Waals surface area (Å²) in [6, 6.07) is 7.55. The van der Waals surface area contributed by atoms with Gasteiger partial charge in [0.1, 0.15) is 0 Å². The maximum atomic E-state index is 11.8. The van der Waals surface area contributed by atoms with Crippen LogP contribution < -0.4 is 4.31 Å². The molecule has 0 aromatic heterocycles. The fraction of sp³-hybridized carbons (Fsp3) is 0.333. The zero-order valence-corrected chi connectivity index (χ0v) is 12.5. The molecule has 20 heavy (non-hydrogen) atoms. The second-order valence-electron chi connectivity index (χ2n) is 4.37. The fourth-order valence-corrected chi connectivity index (χ4v) is 3.93. The Balaban J connectivity index is 2.15. The number of hydrogen-bond acceptors (Lipinski definition) is 4. The lowest BCUT2D eigenvalue weighted by Gasteiger charge is -2.16. The lowest BCUT2D eigenvalue weighted by atomic mass is 10.0. The van der Waals surface area contributed by atoms with Gasteiger partial charge in [0.2, 0.25) is 10.0 Å². The van der Waals surface area contributed by atoms with Crippen LogP contribution >= 0.6 is 11.8 Å². The quantitative estimate of drug-likeness (QED) is 0.476. The van der Waals surface area contributed by atoms with Crippen LogP contribution in [-0.4, -0.2) is 27.0 Å². The van der Waals surface area contributed by atoms with Crippen molar-refractivity contribution in [2.45, 2.75) is 5.92 Å². The Kier molecular flexibility index (Phi) is 4.59. The van der Waals surface area contributed by atoms with Crippen molar-refractivity contribution in [3.8, 4) is 0 Å². The predicted octanol–water partition coefficient (Wildman–Crippen LogP) is 3.06. The first kappa shape index (κ1) is 14.8. The highest BCUT2D eigenvalue weighted by Crippen LogP contribution is 2.39. The third-order valence-electron chi connectivity index (χ3n) is 3.00. The normalized spacial score (nSPS) is 18.1. The molecule has 2 rings (SSSR count). The number of thioether (sulfide) groups is 1. The number of hydrogen-bond donors (Lipinski definition) is 0. The van der Waals surface area contributed by atoms with Gasteiger partial charge in [-0.15, -0.1) is 11.8 Å². The van der Waals surface area contributed by atoms with Gasteiger partial charge in [-0.05, 0) is 22.6 Å². The second kappa shape index (κ2) is 6.21. The highest BCUT2D eigenvalue weighted by Gasteiger charge is 2.32. The van der Waals surface area contributed by atoms with Crippen LogP contribution in [0.25, 0.3) is 10.4 Å². The Morgan fingerprint density at radius 3 is 3.00 bits per heavy atom. The maximum absolute atomic E-state index is 11.8. The van der Waals surface area contributed by atoms with Gasteiger partial charge in [0.25, 0.3) is 0 Å². The molecular formula is C12H14N4O2S2. The summed E-state index contributed by atoms with van der Waals surface area (Å²) in [6.07, 6.45) is 2.61. The van der Waals surface area contributed by atoms with Crippen molar-refractivity contribution in [2.24, 2.45) is 5.11 Å². The third-order valence-corrected chi connectivity index (χ3v) is 5.06. The van der Waals surface area contributed by atoms with Gasteiger partial charge in [0.15, 0.2) is 0 Å². The molecule has 0 spiro atoms. The maximum Gasteiger partial charge on any atom is 0.232 e. The molecule has 1 aliphatic heterocycles. The van der Waals surface area contributed by atoms with E-state index in [4.69, 9.17) is 5.53 Å². The van der Waals surface area contributed by atoms with Gasteiger partial charge in [-0.3, -0.25) is 4.31 Å². The molecule has 106 valence electrons. The van der Waals surface area contributed by atoms with Crippen molar-refractivity contribution < 1.29 is 8.42 Å². The molecule has 1 aliphatic rings. The van der Waals surface area contributed by atoms with Gasteiger partial charge in [-0.1, -0.05) is 23.3 Å². The number of anilines is 1. The Morgan fingerprint density at radius 2 is 2.30 bits per heavy atom. The van der Waals surface area contributed by atoms with E-state index in [1.807, 2.05) is 24.3 Å². The molecular weight excluding hydrogens is 296 g/mol. The van der Waals surface area contributed by atoms with E-state index in [9.17, 15) is 8.42 Å². The molecule has 0 saturated heterocycles. The standard InChI is InChI=1S/C12H14N4O2S2/c1-20(17,18)16-8-10(9-19-7-6-14-15-13)11-4-2-3-5-12(11)16/h2-7,10H,8-9H2,1H3/b7-6+. The van der Waals surface area contributed by atoms with Crippen LogP contribution in [0.4, 0.5) is 5.69 Å². The molecule has 0 bridgehead atoms. The summed E-state index contributed by atoms with van der Waals surface area (Å²) in [4.78, 5) is 2.62. The molecule has 0 amide bonds. The molecule has 0 saturated carbocycles. The summed E-state index contributed by atoms with van der Waals surface area (Å²) >= 11 is 1.50. The van der Waals surface area contributed by atoms with Gasteiger partial charge in [0, 0.05) is 29.3 Å². The molecule has 1 aromatic rings. The first-order valence-electron chi connectivity index (χ1n) is 5.91. The average Bonchev–Trinajstić information content (AvgIpc) is 2.78. The third kappa shape index (κ3) is 3.27. The molecule has 0 aliphatic carbocycles. The molecule has 1 atom stereocenters. The van der Waals surface area contributed by atoms with E-state index in [0.717, 1.165) is 17.0 Å². The molecule has 6 nitrogen and oxygen atoms in total. The molecule has 0 radical (unpaired) electrons. The van der Waals surface area contributed by atoms with Crippen LogP contribution in [0.3, 0.4) is 0 Å². The lowest BCUT2D eigenvalue weighted by Crippen LogP contribution is -2.28. The summed E-state index contributed by atoms with van der Waals surface area (Å²) in [6.45, 7) is 0.459. The van der Waals surface area contributed by atoms with Crippen LogP contribution in [0, 0.1) is 0 Å². The van der Waals surface area contributed by atoms with Crippen LogP contribution in [0.2, 0.25) is 0 Å². The Labute approximate surface area is 122 Å². The number of azide groups is 1. The first-order chi connectivity index (χ1) is 9.54. The summed E-state index contributed by atoms with van der Waals surface area (Å²) < 4.78 is 25.1. The smallest absolute Gasteiger partial charge is 0.232 e. The molecule has 8 heteroatoms. The van der Waals surface area contributed by atoms with Crippen LogP contribution in [-0.2, 0) is 10.0 Å². The molecule has 1 aromatic carbocycles. The summed E-state index contributed by atoms with van der Waals surface area (Å²) in [5.74, 6) is 0.877. The first-order valence-corrected chi connectivity index (χ1v) is 8.81. The summed E-state index contributed by atoms with van der Waals surface area (Å²) in [5.41, 5.74) is 9.96. The van der Waals surface area contributed by atoms with Crippen molar-refractivity contribution in [3.05, 3.63) is 51.9 Å². The van der Waals surface area contributed by atoms with E-state index in [1.165, 1.54) is 28.5 Å². The Bertz CT molecular complexity index is 666. The van der Waals surface area contributed by atoms with Crippen molar-refractivity contribution >= 4 is 27.5 Å². The summed E-state index contributed by atoms with van der Waals surface area (Å²) in [7, 11) is -3.25. The van der Waals surface area contributed by atoms with E-state index < -0.39 is 10.0 Å². The molecule has 1 heterocycles. The van der Waals surface area contributed by atoms with E-state index >= 15 is 0 Å². The van der Waals surface area contributed by atoms with Crippen LogP contribution in [0.5, 0.6) is 0 Å². The molecule has 0 fully saturated rings. The largest absolute Gasteiger partial charge is 0.270 e. The highest BCUT2D eigenvalue weighted by molar-refractivity contribution is 8.02. The van der Waals surface area contributed by atoms with Crippen molar-refractivity contribution in [1.29, 1.82) is 0 Å². The average molecular weight is 310 g/mol. The number of para-hydroxylation sites is 1. The Morgan fingerprint density at radius 1 is 1.55 bits per heavy atom. The van der Waals surface area contributed by atoms with E-state index in [1.54, 1.807) is 5.41 Å². The fourth-order valence-electron chi connectivity index (χ4n) is 2.19. The SMILES string of the molecule is CS(=O)(=O)N1CC(CS/C=C/N=[N+]=[N-])c2ccccc21. The van der Waals surface area contributed by atoms with Gasteiger partial charge < -0.3 is 0 Å². The minimum Gasteiger partial charge on any atom is -0.270 e. The van der Waals surface area contributed by atoms with Crippen molar-refractivity contribution in [2.75, 3.05) is 22.9 Å². The zero-order valence-electron chi connectivity index (χ0n) is 10.9. The lowest BCUT2D eigenvalue weighted by molar-refractivity contribution is 0.596. The van der Waals surface area contributed by atoms with E-state index in [2.05, 4.69) is 10.0 Å².